The Morgan fingerprint density at radius 1 is 1.42 bits per heavy atom. The molecule has 2 heterocycles. The maximum absolute atomic E-state index is 6.31. The second-order valence-corrected chi connectivity index (χ2v) is 7.88. The van der Waals surface area contributed by atoms with Crippen LogP contribution in [0.5, 0.6) is 0 Å². The van der Waals surface area contributed by atoms with Crippen LogP contribution in [0.1, 0.15) is 61.2 Å². The third kappa shape index (κ3) is 3.01. The molecule has 2 aliphatic rings. The van der Waals surface area contributed by atoms with Crippen molar-refractivity contribution in [2.75, 3.05) is 6.61 Å². The Morgan fingerprint density at radius 2 is 2.26 bits per heavy atom. The van der Waals surface area contributed by atoms with Crippen LogP contribution in [0.3, 0.4) is 0 Å². The fraction of sp³-hybridized carbons (Fsp3) is 0.800. The van der Waals surface area contributed by atoms with E-state index in [0.29, 0.717) is 11.5 Å². The molecule has 3 nitrogen and oxygen atoms in total. The summed E-state index contributed by atoms with van der Waals surface area (Å²) in [5, 5.41) is 1.23. The van der Waals surface area contributed by atoms with E-state index < -0.39 is 0 Å². The number of rotatable bonds is 2. The van der Waals surface area contributed by atoms with Crippen molar-refractivity contribution in [3.05, 3.63) is 15.6 Å². The number of fused-ring (bicyclic) bond motifs is 1. The highest BCUT2D eigenvalue weighted by Crippen LogP contribution is 2.42. The van der Waals surface area contributed by atoms with Crippen LogP contribution in [-0.4, -0.2) is 17.7 Å². The summed E-state index contributed by atoms with van der Waals surface area (Å²) in [6.07, 6.45) is 7.18. The molecule has 0 radical (unpaired) electrons. The molecule has 1 fully saturated rings. The summed E-state index contributed by atoms with van der Waals surface area (Å²) < 4.78 is 5.82. The smallest absolute Gasteiger partial charge is 0.0957 e. The quantitative estimate of drug-likeness (QED) is 0.905. The fourth-order valence-electron chi connectivity index (χ4n) is 3.29. The minimum absolute atomic E-state index is 0.178. The molecular formula is C15H24N2OS. The topological polar surface area (TPSA) is 48.1 Å². The number of aromatic nitrogens is 1. The van der Waals surface area contributed by atoms with Gasteiger partial charge >= 0.3 is 0 Å². The predicted octanol–water partition coefficient (Wildman–Crippen LogP) is 3.23. The Labute approximate surface area is 119 Å². The average molecular weight is 280 g/mol. The summed E-state index contributed by atoms with van der Waals surface area (Å²) in [5.41, 5.74) is 7.85. The molecule has 1 saturated heterocycles. The van der Waals surface area contributed by atoms with Gasteiger partial charge in [-0.3, -0.25) is 0 Å². The van der Waals surface area contributed by atoms with Crippen LogP contribution in [0.2, 0.25) is 0 Å². The Hall–Kier alpha value is -0.450. The summed E-state index contributed by atoms with van der Waals surface area (Å²) in [5.74, 6) is 0. The van der Waals surface area contributed by atoms with Crippen molar-refractivity contribution in [1.82, 2.24) is 4.98 Å². The third-order valence-corrected chi connectivity index (χ3v) is 5.46. The van der Waals surface area contributed by atoms with E-state index in [-0.39, 0.29) is 6.04 Å². The van der Waals surface area contributed by atoms with E-state index >= 15 is 0 Å². The molecule has 1 aromatic heterocycles. The SMILES string of the molecule is CC1(C)Cc2nc(CC3CCCCO3)sc2C(N)C1. The molecule has 1 aliphatic heterocycles. The number of ether oxygens (including phenoxy) is 1. The van der Waals surface area contributed by atoms with Gasteiger partial charge in [-0.05, 0) is 37.5 Å². The molecule has 1 aromatic rings. The molecule has 106 valence electrons. The van der Waals surface area contributed by atoms with Crippen molar-refractivity contribution in [3.63, 3.8) is 0 Å². The van der Waals surface area contributed by atoms with Gasteiger partial charge < -0.3 is 10.5 Å². The Morgan fingerprint density at radius 3 is 3.00 bits per heavy atom. The van der Waals surface area contributed by atoms with Gasteiger partial charge in [-0.25, -0.2) is 4.98 Å². The van der Waals surface area contributed by atoms with E-state index in [1.54, 1.807) is 0 Å². The Balaban J connectivity index is 1.75. The first-order chi connectivity index (χ1) is 9.03. The standard InChI is InChI=1S/C15H24N2OS/c1-15(2)8-11(16)14-12(9-15)17-13(19-14)7-10-5-3-4-6-18-10/h10-11H,3-9,16H2,1-2H3. The molecular weight excluding hydrogens is 256 g/mol. The van der Waals surface area contributed by atoms with E-state index in [9.17, 15) is 0 Å². The first kappa shape index (κ1) is 13.5. The van der Waals surface area contributed by atoms with E-state index in [0.717, 1.165) is 25.9 Å². The van der Waals surface area contributed by atoms with Gasteiger partial charge in [-0.2, -0.15) is 0 Å². The fourth-order valence-corrected chi connectivity index (χ4v) is 4.44. The predicted molar refractivity (Wildman–Crippen MR) is 78.4 cm³/mol. The maximum atomic E-state index is 6.31. The average Bonchev–Trinajstić information content (AvgIpc) is 2.71. The van der Waals surface area contributed by atoms with Crippen LogP contribution in [0.4, 0.5) is 0 Å². The lowest BCUT2D eigenvalue weighted by molar-refractivity contribution is 0.0167. The van der Waals surface area contributed by atoms with Gasteiger partial charge in [0.05, 0.1) is 16.8 Å². The monoisotopic (exact) mass is 280 g/mol. The largest absolute Gasteiger partial charge is 0.378 e. The van der Waals surface area contributed by atoms with Gasteiger partial charge in [0.25, 0.3) is 0 Å². The minimum atomic E-state index is 0.178. The molecule has 1 aliphatic carbocycles. The van der Waals surface area contributed by atoms with E-state index in [2.05, 4.69) is 13.8 Å². The number of nitrogens with two attached hydrogens (primary N) is 1. The summed E-state index contributed by atoms with van der Waals surface area (Å²) in [4.78, 5) is 6.17. The van der Waals surface area contributed by atoms with Gasteiger partial charge in [0.2, 0.25) is 0 Å². The zero-order valence-corrected chi connectivity index (χ0v) is 12.8. The van der Waals surface area contributed by atoms with Gasteiger partial charge in [0.1, 0.15) is 0 Å². The highest BCUT2D eigenvalue weighted by molar-refractivity contribution is 7.11. The lowest BCUT2D eigenvalue weighted by Gasteiger charge is -2.32. The van der Waals surface area contributed by atoms with Crippen molar-refractivity contribution < 1.29 is 4.74 Å². The van der Waals surface area contributed by atoms with Gasteiger partial charge in [-0.15, -0.1) is 11.3 Å². The molecule has 0 amide bonds. The first-order valence-corrected chi connectivity index (χ1v) is 8.21. The highest BCUT2D eigenvalue weighted by atomic mass is 32.1. The molecule has 4 heteroatoms. The van der Waals surface area contributed by atoms with Crippen molar-refractivity contribution in [1.29, 1.82) is 0 Å². The minimum Gasteiger partial charge on any atom is -0.378 e. The molecule has 2 N–H and O–H groups in total. The molecule has 0 bridgehead atoms. The summed E-state index contributed by atoms with van der Waals surface area (Å²) in [6, 6.07) is 0.178. The summed E-state index contributed by atoms with van der Waals surface area (Å²) >= 11 is 1.82. The molecule has 0 aromatic carbocycles. The normalized spacial score (nSPS) is 30.1. The first-order valence-electron chi connectivity index (χ1n) is 7.39. The van der Waals surface area contributed by atoms with Crippen LogP contribution >= 0.6 is 11.3 Å². The number of hydrogen-bond donors (Lipinski definition) is 1. The van der Waals surface area contributed by atoms with Crippen LogP contribution in [0, 0.1) is 5.41 Å². The van der Waals surface area contributed by atoms with Crippen LogP contribution < -0.4 is 5.73 Å². The molecule has 0 saturated carbocycles. The Bertz CT molecular complexity index is 449. The molecule has 0 spiro atoms. The van der Waals surface area contributed by atoms with E-state index in [1.807, 2.05) is 11.3 Å². The second kappa shape index (κ2) is 5.15. The second-order valence-electron chi connectivity index (χ2n) is 6.76. The van der Waals surface area contributed by atoms with Crippen LogP contribution in [0.25, 0.3) is 0 Å². The maximum Gasteiger partial charge on any atom is 0.0957 e. The van der Waals surface area contributed by atoms with Gasteiger partial charge in [0.15, 0.2) is 0 Å². The lowest BCUT2D eigenvalue weighted by atomic mass is 9.77. The van der Waals surface area contributed by atoms with Crippen LogP contribution in [-0.2, 0) is 17.6 Å². The van der Waals surface area contributed by atoms with E-state index in [4.69, 9.17) is 15.5 Å². The zero-order valence-electron chi connectivity index (χ0n) is 11.9. The highest BCUT2D eigenvalue weighted by Gasteiger charge is 2.33. The van der Waals surface area contributed by atoms with Crippen molar-refractivity contribution in [2.45, 2.75) is 64.5 Å². The van der Waals surface area contributed by atoms with Crippen molar-refractivity contribution in [2.24, 2.45) is 11.1 Å². The summed E-state index contributed by atoms with van der Waals surface area (Å²) in [7, 11) is 0. The zero-order chi connectivity index (χ0) is 13.5. The molecule has 19 heavy (non-hydrogen) atoms. The number of nitrogens with zero attached hydrogens (tertiary/aromatic N) is 1. The lowest BCUT2D eigenvalue weighted by Crippen LogP contribution is -2.28. The number of hydrogen-bond acceptors (Lipinski definition) is 4. The third-order valence-electron chi connectivity index (χ3n) is 4.20. The summed E-state index contributed by atoms with van der Waals surface area (Å²) in [6.45, 7) is 5.50. The molecule has 2 atom stereocenters. The molecule has 3 rings (SSSR count). The Kier molecular flexibility index (Phi) is 3.67. The van der Waals surface area contributed by atoms with Gasteiger partial charge in [-0.1, -0.05) is 13.8 Å². The van der Waals surface area contributed by atoms with Crippen molar-refractivity contribution in [3.8, 4) is 0 Å². The van der Waals surface area contributed by atoms with E-state index in [1.165, 1.54) is 34.8 Å². The van der Waals surface area contributed by atoms with Crippen molar-refractivity contribution >= 4 is 11.3 Å². The number of thiazole rings is 1. The molecule has 2 unspecified atom stereocenters. The van der Waals surface area contributed by atoms with Gasteiger partial charge in [0, 0.05) is 23.9 Å². The van der Waals surface area contributed by atoms with Crippen LogP contribution in [0.15, 0.2) is 0 Å².